The lowest BCUT2D eigenvalue weighted by Crippen LogP contribution is -2.08. The summed E-state index contributed by atoms with van der Waals surface area (Å²) >= 11 is 14.1. The lowest BCUT2D eigenvalue weighted by molar-refractivity contribution is 0.242. The first kappa shape index (κ1) is 15.0. The lowest BCUT2D eigenvalue weighted by atomic mass is 10.1. The first-order valence-electron chi connectivity index (χ1n) is 7.04. The molecule has 0 radical (unpaired) electrons. The molecular weight excluding hydrogens is 325 g/mol. The molecule has 1 unspecified atom stereocenters. The van der Waals surface area contributed by atoms with E-state index < -0.39 is 0 Å². The van der Waals surface area contributed by atoms with Gasteiger partial charge in [0.05, 0.1) is 21.5 Å². The predicted octanol–water partition coefficient (Wildman–Crippen LogP) is 5.94. The molecule has 0 aliphatic heterocycles. The third-order valence-electron chi connectivity index (χ3n) is 3.48. The van der Waals surface area contributed by atoms with Crippen LogP contribution in [0, 0.1) is 0 Å². The van der Waals surface area contributed by atoms with Crippen LogP contribution in [0.4, 0.5) is 5.69 Å². The highest BCUT2D eigenvalue weighted by molar-refractivity contribution is 7.16. The first-order chi connectivity index (χ1) is 10.0. The smallest absolute Gasteiger partial charge is 0.138 e. The number of aryl methyl sites for hydroxylation is 1. The molecule has 1 atom stereocenters. The maximum Gasteiger partial charge on any atom is 0.138 e. The van der Waals surface area contributed by atoms with Crippen LogP contribution in [0.25, 0.3) is 0 Å². The normalized spacial score (nSPS) is 17.1. The fraction of sp³-hybridized carbons (Fsp3) is 0.375. The number of nitrogens with one attached hydrogen (secondary N) is 1. The zero-order chi connectivity index (χ0) is 15.0. The zero-order valence-corrected chi connectivity index (χ0v) is 14.3. The van der Waals surface area contributed by atoms with E-state index in [-0.39, 0.29) is 6.10 Å². The van der Waals surface area contributed by atoms with E-state index in [0.29, 0.717) is 11.1 Å². The lowest BCUT2D eigenvalue weighted by Gasteiger charge is -2.17. The van der Waals surface area contributed by atoms with Crippen molar-refractivity contribution >= 4 is 40.2 Å². The zero-order valence-electron chi connectivity index (χ0n) is 12.0. The third-order valence-corrected chi connectivity index (χ3v) is 5.12. The molecule has 1 heterocycles. The van der Waals surface area contributed by atoms with Gasteiger partial charge in [0, 0.05) is 10.6 Å². The van der Waals surface area contributed by atoms with E-state index >= 15 is 0 Å². The van der Waals surface area contributed by atoms with Gasteiger partial charge in [-0.1, -0.05) is 23.2 Å². The average Bonchev–Trinajstić information content (AvgIpc) is 2.93. The molecule has 0 bridgehead atoms. The van der Waals surface area contributed by atoms with Crippen LogP contribution in [-0.2, 0) is 6.42 Å². The second-order valence-corrected chi connectivity index (χ2v) is 7.65. The summed E-state index contributed by atoms with van der Waals surface area (Å²) in [6, 6.07) is 8.24. The number of anilines is 1. The molecule has 1 aromatic heterocycles. The summed E-state index contributed by atoms with van der Waals surface area (Å²) in [7, 11) is 0. The summed E-state index contributed by atoms with van der Waals surface area (Å²) in [6.07, 6.45) is 2.30. The summed E-state index contributed by atoms with van der Waals surface area (Å²) in [5.74, 6) is 0.725. The van der Waals surface area contributed by atoms with Crippen LogP contribution >= 0.6 is 34.5 Å². The van der Waals surface area contributed by atoms with Gasteiger partial charge in [-0.3, -0.25) is 0 Å². The van der Waals surface area contributed by atoms with Crippen LogP contribution in [0.2, 0.25) is 9.36 Å². The summed E-state index contributed by atoms with van der Waals surface area (Å²) in [5.41, 5.74) is 2.33. The molecule has 0 saturated heterocycles. The molecule has 21 heavy (non-hydrogen) atoms. The van der Waals surface area contributed by atoms with Gasteiger partial charge in [-0.25, -0.2) is 0 Å². The Bertz CT molecular complexity index is 654. The molecule has 0 amide bonds. The monoisotopic (exact) mass is 341 g/mol. The van der Waals surface area contributed by atoms with Gasteiger partial charge < -0.3 is 10.1 Å². The molecule has 1 aromatic carbocycles. The van der Waals surface area contributed by atoms with Crippen LogP contribution in [0.1, 0.15) is 36.8 Å². The van der Waals surface area contributed by atoms with Gasteiger partial charge in [-0.15, -0.1) is 11.3 Å². The van der Waals surface area contributed by atoms with E-state index in [2.05, 4.69) is 11.4 Å². The second kappa shape index (κ2) is 6.07. The molecule has 0 fully saturated rings. The highest BCUT2D eigenvalue weighted by Gasteiger charge is 2.25. The molecule has 5 heteroatoms. The van der Waals surface area contributed by atoms with Gasteiger partial charge in [-0.05, 0) is 56.5 Å². The molecule has 112 valence electrons. The molecule has 2 aromatic rings. The molecule has 3 rings (SSSR count). The van der Waals surface area contributed by atoms with Crippen molar-refractivity contribution in [2.24, 2.45) is 0 Å². The van der Waals surface area contributed by atoms with Crippen molar-refractivity contribution < 1.29 is 4.74 Å². The second-order valence-electron chi connectivity index (χ2n) is 5.48. The fourth-order valence-electron chi connectivity index (χ4n) is 2.62. The van der Waals surface area contributed by atoms with Crippen molar-refractivity contribution in [1.29, 1.82) is 0 Å². The van der Waals surface area contributed by atoms with Crippen molar-refractivity contribution in [3.8, 4) is 5.75 Å². The van der Waals surface area contributed by atoms with E-state index in [1.165, 1.54) is 10.4 Å². The summed E-state index contributed by atoms with van der Waals surface area (Å²) in [4.78, 5) is 1.39. The van der Waals surface area contributed by atoms with E-state index in [4.69, 9.17) is 27.9 Å². The van der Waals surface area contributed by atoms with Crippen molar-refractivity contribution in [2.75, 3.05) is 5.32 Å². The number of rotatable bonds is 4. The fourth-order valence-corrected chi connectivity index (χ4v) is 4.20. The quantitative estimate of drug-likeness (QED) is 0.742. The van der Waals surface area contributed by atoms with Crippen molar-refractivity contribution in [2.45, 2.75) is 38.8 Å². The van der Waals surface area contributed by atoms with E-state index in [1.54, 1.807) is 11.3 Å². The standard InChI is InChI=1S/C16H17Cl2NOS/c1-9(2)20-14-5-3-10(7-12(14)17)19-13-4-6-15-11(13)8-16(18)21-15/h3,5,7-9,13,19H,4,6H2,1-2H3. The summed E-state index contributed by atoms with van der Waals surface area (Å²) < 4.78 is 6.52. The molecule has 1 aliphatic rings. The van der Waals surface area contributed by atoms with E-state index in [1.807, 2.05) is 32.0 Å². The molecular formula is C16H17Cl2NOS. The van der Waals surface area contributed by atoms with Crippen molar-refractivity contribution in [3.05, 3.63) is 44.1 Å². The molecule has 1 N–H and O–H groups in total. The predicted molar refractivity (Wildman–Crippen MR) is 91.2 cm³/mol. The number of fused-ring (bicyclic) bond motifs is 1. The van der Waals surface area contributed by atoms with E-state index in [0.717, 1.165) is 28.6 Å². The highest BCUT2D eigenvalue weighted by atomic mass is 35.5. The number of ether oxygens (including phenoxy) is 1. The maximum absolute atomic E-state index is 6.28. The molecule has 0 saturated carbocycles. The van der Waals surface area contributed by atoms with Crippen LogP contribution in [0.15, 0.2) is 24.3 Å². The topological polar surface area (TPSA) is 21.3 Å². The minimum Gasteiger partial charge on any atom is -0.489 e. The van der Waals surface area contributed by atoms with Gasteiger partial charge >= 0.3 is 0 Å². The average molecular weight is 342 g/mol. The number of thiophene rings is 1. The molecule has 2 nitrogen and oxygen atoms in total. The van der Waals surface area contributed by atoms with Crippen molar-refractivity contribution in [3.63, 3.8) is 0 Å². The van der Waals surface area contributed by atoms with Crippen LogP contribution in [0.5, 0.6) is 5.75 Å². The minimum atomic E-state index is 0.117. The first-order valence-corrected chi connectivity index (χ1v) is 8.61. The SMILES string of the molecule is CC(C)Oc1ccc(NC2CCc3sc(Cl)cc32)cc1Cl. The van der Waals surface area contributed by atoms with Crippen LogP contribution < -0.4 is 10.1 Å². The Morgan fingerprint density at radius 3 is 2.81 bits per heavy atom. The number of hydrogen-bond acceptors (Lipinski definition) is 3. The minimum absolute atomic E-state index is 0.117. The Morgan fingerprint density at radius 1 is 1.29 bits per heavy atom. The van der Waals surface area contributed by atoms with Crippen molar-refractivity contribution in [1.82, 2.24) is 0 Å². The third kappa shape index (κ3) is 3.31. The highest BCUT2D eigenvalue weighted by Crippen LogP contribution is 2.41. The Kier molecular flexibility index (Phi) is 4.34. The molecule has 0 spiro atoms. The van der Waals surface area contributed by atoms with Crippen LogP contribution in [-0.4, -0.2) is 6.10 Å². The van der Waals surface area contributed by atoms with Gasteiger partial charge in [0.2, 0.25) is 0 Å². The Balaban J connectivity index is 1.75. The Labute approximate surface area is 139 Å². The number of halogens is 2. The summed E-state index contributed by atoms with van der Waals surface area (Å²) in [5, 5.41) is 4.17. The van der Waals surface area contributed by atoms with E-state index in [9.17, 15) is 0 Å². The number of hydrogen-bond donors (Lipinski definition) is 1. The Morgan fingerprint density at radius 2 is 2.10 bits per heavy atom. The number of benzene rings is 1. The van der Waals surface area contributed by atoms with Gasteiger partial charge in [-0.2, -0.15) is 0 Å². The van der Waals surface area contributed by atoms with Gasteiger partial charge in [0.25, 0.3) is 0 Å². The maximum atomic E-state index is 6.28. The molecule has 1 aliphatic carbocycles. The van der Waals surface area contributed by atoms with Gasteiger partial charge in [0.1, 0.15) is 5.75 Å². The largest absolute Gasteiger partial charge is 0.489 e. The Hall–Kier alpha value is -0.900. The summed E-state index contributed by atoms with van der Waals surface area (Å²) in [6.45, 7) is 3.98. The van der Waals surface area contributed by atoms with Gasteiger partial charge in [0.15, 0.2) is 0 Å². The van der Waals surface area contributed by atoms with Crippen LogP contribution in [0.3, 0.4) is 0 Å².